The van der Waals surface area contributed by atoms with Gasteiger partial charge in [0.2, 0.25) is 5.91 Å². The maximum atomic E-state index is 12.0. The van der Waals surface area contributed by atoms with Gasteiger partial charge in [0.15, 0.2) is 0 Å². The molecule has 2 amide bonds. The lowest BCUT2D eigenvalue weighted by atomic mass is 10.1. The molecule has 0 aliphatic carbocycles. The van der Waals surface area contributed by atoms with Gasteiger partial charge in [-0.3, -0.25) is 14.5 Å². The molecule has 1 aromatic rings. The van der Waals surface area contributed by atoms with E-state index < -0.39 is 12.0 Å². The molecule has 2 saturated heterocycles. The Bertz CT molecular complexity index is 634. The summed E-state index contributed by atoms with van der Waals surface area (Å²) >= 11 is 0. The Morgan fingerprint density at radius 1 is 1.12 bits per heavy atom. The lowest BCUT2D eigenvalue weighted by Gasteiger charge is -2.28. The molecule has 1 aromatic carbocycles. The van der Waals surface area contributed by atoms with Crippen LogP contribution >= 0.6 is 0 Å². The second kappa shape index (κ2) is 6.90. The monoisotopic (exact) mass is 331 g/mol. The molecule has 1 atom stereocenters. The molecule has 24 heavy (non-hydrogen) atoms. The molecular weight excluding hydrogens is 310 g/mol. The minimum atomic E-state index is -0.402. The zero-order valence-electron chi connectivity index (χ0n) is 13.4. The highest BCUT2D eigenvalue weighted by molar-refractivity contribution is 5.90. The maximum absolute atomic E-state index is 12.0. The molecule has 0 spiro atoms. The minimum absolute atomic E-state index is 0.207. The summed E-state index contributed by atoms with van der Waals surface area (Å²) in [6.45, 7) is 1.89. The van der Waals surface area contributed by atoms with E-state index in [0.29, 0.717) is 31.6 Å². The molecule has 0 saturated carbocycles. The number of nitrogens with two attached hydrogens (primary N) is 1. The summed E-state index contributed by atoms with van der Waals surface area (Å²) in [5, 5.41) is 0. The zero-order valence-corrected chi connectivity index (χ0v) is 13.4. The Balaban J connectivity index is 1.62. The van der Waals surface area contributed by atoms with Crippen molar-refractivity contribution in [1.82, 2.24) is 0 Å². The van der Waals surface area contributed by atoms with E-state index >= 15 is 0 Å². The van der Waals surface area contributed by atoms with E-state index in [9.17, 15) is 14.4 Å². The van der Waals surface area contributed by atoms with Crippen molar-refractivity contribution in [3.63, 3.8) is 0 Å². The number of hydrogen-bond acceptors (Lipinski definition) is 5. The van der Waals surface area contributed by atoms with Crippen LogP contribution in [0.25, 0.3) is 0 Å². The fraction of sp³-hybridized carbons (Fsp3) is 0.471. The van der Waals surface area contributed by atoms with Crippen molar-refractivity contribution in [2.45, 2.75) is 31.8 Å². The second-order valence-electron chi connectivity index (χ2n) is 6.16. The summed E-state index contributed by atoms with van der Waals surface area (Å²) < 4.78 is 5.27. The van der Waals surface area contributed by atoms with Crippen LogP contribution in [-0.2, 0) is 14.3 Å². The van der Waals surface area contributed by atoms with Crippen LogP contribution in [0.4, 0.5) is 16.2 Å². The average molecular weight is 331 g/mol. The van der Waals surface area contributed by atoms with Crippen LogP contribution in [0.15, 0.2) is 24.3 Å². The van der Waals surface area contributed by atoms with Gasteiger partial charge in [-0.1, -0.05) is 0 Å². The first-order chi connectivity index (χ1) is 11.5. The number of ketones is 1. The predicted molar refractivity (Wildman–Crippen MR) is 88.9 cm³/mol. The summed E-state index contributed by atoms with van der Waals surface area (Å²) in [5.74, 6) is -0.0847. The molecule has 2 aliphatic heterocycles. The third kappa shape index (κ3) is 3.67. The molecule has 0 bridgehead atoms. The third-order valence-corrected chi connectivity index (χ3v) is 4.43. The SMILES string of the molecule is NC(=O)CC[C@H]1CN(c2ccc(N3CCC(=O)CC3)cc2)C(=O)O1. The number of rotatable bonds is 5. The number of benzene rings is 1. The third-order valence-electron chi connectivity index (χ3n) is 4.43. The van der Waals surface area contributed by atoms with Gasteiger partial charge in [-0.2, -0.15) is 0 Å². The van der Waals surface area contributed by atoms with E-state index in [0.717, 1.165) is 24.5 Å². The highest BCUT2D eigenvalue weighted by atomic mass is 16.6. The van der Waals surface area contributed by atoms with Crippen LogP contribution < -0.4 is 15.5 Å². The number of cyclic esters (lactones) is 1. The second-order valence-corrected chi connectivity index (χ2v) is 6.16. The molecule has 2 fully saturated rings. The molecule has 128 valence electrons. The standard InChI is InChI=1S/C17H21N3O4/c18-16(22)6-5-15-11-20(17(23)24-15)13-3-1-12(2-4-13)19-9-7-14(21)8-10-19/h1-4,15H,5-11H2,(H2,18,22)/t15-/m0/s1. The number of amides is 2. The van der Waals surface area contributed by atoms with Crippen LogP contribution in [0.3, 0.4) is 0 Å². The van der Waals surface area contributed by atoms with Crippen molar-refractivity contribution in [2.24, 2.45) is 5.73 Å². The molecule has 2 heterocycles. The molecule has 0 radical (unpaired) electrons. The molecule has 7 heteroatoms. The van der Waals surface area contributed by atoms with Crippen LogP contribution in [0, 0.1) is 0 Å². The van der Waals surface area contributed by atoms with Gasteiger partial charge in [-0.05, 0) is 30.7 Å². The summed E-state index contributed by atoms with van der Waals surface area (Å²) in [7, 11) is 0. The van der Waals surface area contributed by atoms with Gasteiger partial charge in [-0.15, -0.1) is 0 Å². The quantitative estimate of drug-likeness (QED) is 0.881. The number of Topliss-reactive ketones (excluding diaryl/α,β-unsaturated/α-hetero) is 1. The molecular formula is C17H21N3O4. The summed E-state index contributed by atoms with van der Waals surface area (Å²) in [4.78, 5) is 37.9. The molecule has 3 rings (SSSR count). The van der Waals surface area contributed by atoms with Crippen LogP contribution in [-0.4, -0.2) is 43.5 Å². The average Bonchev–Trinajstić information content (AvgIpc) is 2.95. The number of carbonyl (C=O) groups is 3. The molecule has 2 N–H and O–H groups in total. The minimum Gasteiger partial charge on any atom is -0.444 e. The lowest BCUT2D eigenvalue weighted by molar-refractivity contribution is -0.119. The Morgan fingerprint density at radius 3 is 2.38 bits per heavy atom. The van der Waals surface area contributed by atoms with Gasteiger partial charge in [0, 0.05) is 43.7 Å². The van der Waals surface area contributed by atoms with Gasteiger partial charge in [0.25, 0.3) is 0 Å². The highest BCUT2D eigenvalue weighted by Gasteiger charge is 2.32. The van der Waals surface area contributed by atoms with E-state index in [1.165, 1.54) is 0 Å². The maximum Gasteiger partial charge on any atom is 0.414 e. The van der Waals surface area contributed by atoms with Crippen LogP contribution in [0.1, 0.15) is 25.7 Å². The fourth-order valence-electron chi connectivity index (χ4n) is 3.04. The first kappa shape index (κ1) is 16.3. The smallest absolute Gasteiger partial charge is 0.414 e. The number of anilines is 2. The number of ether oxygens (including phenoxy) is 1. The zero-order chi connectivity index (χ0) is 17.1. The molecule has 2 aliphatic rings. The first-order valence-corrected chi connectivity index (χ1v) is 8.16. The van der Waals surface area contributed by atoms with Crippen LogP contribution in [0.2, 0.25) is 0 Å². The van der Waals surface area contributed by atoms with Crippen molar-refractivity contribution in [1.29, 1.82) is 0 Å². The van der Waals surface area contributed by atoms with Crippen molar-refractivity contribution in [2.75, 3.05) is 29.4 Å². The van der Waals surface area contributed by atoms with Crippen LogP contribution in [0.5, 0.6) is 0 Å². The van der Waals surface area contributed by atoms with Gasteiger partial charge < -0.3 is 15.4 Å². The number of nitrogens with zero attached hydrogens (tertiary/aromatic N) is 2. The van der Waals surface area contributed by atoms with Crippen molar-refractivity contribution >= 4 is 29.2 Å². The predicted octanol–water partition coefficient (Wildman–Crippen LogP) is 1.45. The Hall–Kier alpha value is -2.57. The van der Waals surface area contributed by atoms with Gasteiger partial charge in [0.05, 0.1) is 6.54 Å². The fourth-order valence-corrected chi connectivity index (χ4v) is 3.04. The topological polar surface area (TPSA) is 92.9 Å². The highest BCUT2D eigenvalue weighted by Crippen LogP contribution is 2.27. The normalized spacial score (nSPS) is 21.1. The van der Waals surface area contributed by atoms with E-state index in [1.807, 2.05) is 24.3 Å². The van der Waals surface area contributed by atoms with Gasteiger partial charge >= 0.3 is 6.09 Å². The van der Waals surface area contributed by atoms with Crippen molar-refractivity contribution in [3.05, 3.63) is 24.3 Å². The molecule has 0 aromatic heterocycles. The Labute approximate surface area is 140 Å². The lowest BCUT2D eigenvalue weighted by Crippen LogP contribution is -2.33. The summed E-state index contributed by atoms with van der Waals surface area (Å²) in [6, 6.07) is 7.66. The number of carbonyl (C=O) groups excluding carboxylic acids is 3. The van der Waals surface area contributed by atoms with Crippen molar-refractivity contribution < 1.29 is 19.1 Å². The van der Waals surface area contributed by atoms with E-state index in [-0.39, 0.29) is 12.5 Å². The van der Waals surface area contributed by atoms with Crippen molar-refractivity contribution in [3.8, 4) is 0 Å². The number of primary amides is 1. The van der Waals surface area contributed by atoms with E-state index in [4.69, 9.17) is 10.5 Å². The molecule has 7 nitrogen and oxygen atoms in total. The van der Waals surface area contributed by atoms with Gasteiger partial charge in [0.1, 0.15) is 11.9 Å². The Morgan fingerprint density at radius 2 is 1.75 bits per heavy atom. The van der Waals surface area contributed by atoms with Gasteiger partial charge in [-0.25, -0.2) is 4.79 Å². The molecule has 0 unspecified atom stereocenters. The first-order valence-electron chi connectivity index (χ1n) is 8.16. The van der Waals surface area contributed by atoms with E-state index in [1.54, 1.807) is 4.90 Å². The number of piperidine rings is 1. The summed E-state index contributed by atoms with van der Waals surface area (Å²) in [6.07, 6.45) is 1.11. The Kier molecular flexibility index (Phi) is 4.69. The largest absolute Gasteiger partial charge is 0.444 e. The van der Waals surface area contributed by atoms with E-state index in [2.05, 4.69) is 4.90 Å². The summed E-state index contributed by atoms with van der Waals surface area (Å²) in [5.41, 5.74) is 6.94. The number of hydrogen-bond donors (Lipinski definition) is 1.